The smallest absolute Gasteiger partial charge is 0.255 e. The third-order valence-corrected chi connectivity index (χ3v) is 10.2. The van der Waals surface area contributed by atoms with Crippen LogP contribution in [0.15, 0.2) is 72.9 Å². The number of nitrogens with one attached hydrogen (secondary N) is 3. The van der Waals surface area contributed by atoms with Crippen LogP contribution in [0.5, 0.6) is 17.4 Å². The first kappa shape index (κ1) is 30.3. The van der Waals surface area contributed by atoms with Gasteiger partial charge in [0.2, 0.25) is 11.8 Å². The summed E-state index contributed by atoms with van der Waals surface area (Å²) in [4.78, 5) is 31.0. The largest absolute Gasteiger partial charge is 0.507 e. The zero-order valence-electron chi connectivity index (χ0n) is 23.5. The van der Waals surface area contributed by atoms with Crippen molar-refractivity contribution in [1.29, 1.82) is 0 Å². The number of ether oxygens (including phenoxy) is 1. The first-order valence-electron chi connectivity index (χ1n) is 14.5. The van der Waals surface area contributed by atoms with Crippen LogP contribution in [-0.4, -0.2) is 57.9 Å². The van der Waals surface area contributed by atoms with Crippen LogP contribution in [0.3, 0.4) is 0 Å². The van der Waals surface area contributed by atoms with Crippen molar-refractivity contribution in [3.05, 3.63) is 84.1 Å². The lowest BCUT2D eigenvalue weighted by Gasteiger charge is -2.31. The number of carbonyl (C=O) groups excluding carboxylic acids is 2. The molecule has 1 saturated heterocycles. The van der Waals surface area contributed by atoms with E-state index < -0.39 is 6.04 Å². The number of hydrogen-bond donors (Lipinski definition) is 4. The van der Waals surface area contributed by atoms with Crippen LogP contribution in [0.2, 0.25) is 0 Å². The zero-order chi connectivity index (χ0) is 29.1. The first-order valence-corrected chi connectivity index (χ1v) is 16.8. The van der Waals surface area contributed by atoms with E-state index in [9.17, 15) is 14.7 Å². The summed E-state index contributed by atoms with van der Waals surface area (Å²) in [6.07, 6.45) is 8.04. The van der Waals surface area contributed by atoms with Crippen LogP contribution in [0.25, 0.3) is 0 Å². The summed E-state index contributed by atoms with van der Waals surface area (Å²) in [5.41, 5.74) is 1.15. The van der Waals surface area contributed by atoms with Gasteiger partial charge in [0.15, 0.2) is 0 Å². The fourth-order valence-corrected chi connectivity index (χ4v) is 7.80. The molecule has 4 N–H and O–H groups in total. The van der Waals surface area contributed by atoms with Gasteiger partial charge in [0.1, 0.15) is 11.5 Å². The van der Waals surface area contributed by atoms with Gasteiger partial charge in [-0.3, -0.25) is 14.9 Å². The van der Waals surface area contributed by atoms with Gasteiger partial charge in [-0.25, -0.2) is 4.98 Å². The Kier molecular flexibility index (Phi) is 11.0. The van der Waals surface area contributed by atoms with Gasteiger partial charge in [0.25, 0.3) is 5.91 Å². The number of phenols is 1. The molecule has 10 heteroatoms. The van der Waals surface area contributed by atoms with E-state index in [0.717, 1.165) is 17.2 Å². The lowest BCUT2D eigenvalue weighted by molar-refractivity contribution is -0.123. The van der Waals surface area contributed by atoms with Crippen molar-refractivity contribution in [1.82, 2.24) is 20.9 Å². The predicted octanol–water partition coefficient (Wildman–Crippen LogP) is 5.51. The number of rotatable bonds is 12. The molecule has 2 aromatic carbocycles. The minimum atomic E-state index is -0.406. The predicted molar refractivity (Wildman–Crippen MR) is 169 cm³/mol. The number of aromatic nitrogens is 1. The van der Waals surface area contributed by atoms with Gasteiger partial charge in [0.05, 0.1) is 22.9 Å². The Labute approximate surface area is 255 Å². The molecule has 42 heavy (non-hydrogen) atoms. The molecule has 2 fully saturated rings. The molecule has 1 aliphatic heterocycles. The molecule has 5 rings (SSSR count). The maximum atomic E-state index is 13.3. The molecule has 2 aliphatic rings. The highest BCUT2D eigenvalue weighted by atomic mass is 32.2. The number of thioether (sulfide) groups is 2. The van der Waals surface area contributed by atoms with Crippen molar-refractivity contribution in [2.45, 2.75) is 49.4 Å². The van der Waals surface area contributed by atoms with Gasteiger partial charge >= 0.3 is 0 Å². The van der Waals surface area contributed by atoms with Gasteiger partial charge in [-0.2, -0.15) is 11.8 Å². The molecule has 8 nitrogen and oxygen atoms in total. The normalized spacial score (nSPS) is 18.6. The maximum absolute atomic E-state index is 13.3. The van der Waals surface area contributed by atoms with Crippen molar-refractivity contribution >= 4 is 35.3 Å². The SMILES string of the molecule is O=C(NCC(NC(=O)[C@@H]1CSCN1)C(SCC1CCCCC1)c1ccc(Oc2ccccc2)nc1)c1ccccc1O. The van der Waals surface area contributed by atoms with Crippen LogP contribution in [0.4, 0.5) is 0 Å². The second-order valence-corrected chi connectivity index (χ2v) is 12.9. The highest BCUT2D eigenvalue weighted by Gasteiger charge is 2.31. The lowest BCUT2D eigenvalue weighted by Crippen LogP contribution is -2.52. The van der Waals surface area contributed by atoms with E-state index in [4.69, 9.17) is 4.74 Å². The number of nitrogens with zero attached hydrogens (tertiary/aromatic N) is 1. The highest BCUT2D eigenvalue weighted by molar-refractivity contribution is 7.99. The van der Waals surface area contributed by atoms with Crippen LogP contribution in [-0.2, 0) is 4.79 Å². The molecule has 1 saturated carbocycles. The number of aromatic hydroxyl groups is 1. The fraction of sp³-hybridized carbons (Fsp3) is 0.406. The summed E-state index contributed by atoms with van der Waals surface area (Å²) >= 11 is 3.50. The van der Waals surface area contributed by atoms with E-state index in [-0.39, 0.29) is 41.0 Å². The summed E-state index contributed by atoms with van der Waals surface area (Å²) in [6, 6.07) is 19.2. The summed E-state index contributed by atoms with van der Waals surface area (Å²) in [6.45, 7) is 0.198. The monoisotopic (exact) mass is 606 g/mol. The second kappa shape index (κ2) is 15.3. The summed E-state index contributed by atoms with van der Waals surface area (Å²) in [5, 5.41) is 19.5. The molecule has 3 aromatic rings. The minimum absolute atomic E-state index is 0.0794. The van der Waals surface area contributed by atoms with E-state index in [0.29, 0.717) is 23.3 Å². The number of amides is 2. The van der Waals surface area contributed by atoms with Gasteiger partial charge < -0.3 is 20.5 Å². The third kappa shape index (κ3) is 8.42. The van der Waals surface area contributed by atoms with E-state index in [1.165, 1.54) is 38.2 Å². The number of para-hydroxylation sites is 2. The molecular weight excluding hydrogens is 569 g/mol. The third-order valence-electron chi connectivity index (χ3n) is 7.65. The Morgan fingerprint density at radius 1 is 1.05 bits per heavy atom. The molecule has 0 spiro atoms. The standard InChI is InChI=1S/C32H38N4O4S2/c37-28-14-8-7-13-25(28)31(38)34-18-26(36-32(39)27-20-41-21-35-27)30(42-19-22-9-3-1-4-10-22)23-15-16-29(33-17-23)40-24-11-5-2-6-12-24/h2,5-8,11-17,22,26-27,30,35,37H,1,3-4,9-10,18-21H2,(H,34,38)(H,36,39)/t26?,27-,30?/m0/s1. The Hall–Kier alpha value is -3.21. The van der Waals surface area contributed by atoms with Crippen molar-refractivity contribution in [2.24, 2.45) is 5.92 Å². The van der Waals surface area contributed by atoms with Crippen LogP contribution < -0.4 is 20.7 Å². The average Bonchev–Trinajstić information content (AvgIpc) is 3.57. The quantitative estimate of drug-likeness (QED) is 0.214. The van der Waals surface area contributed by atoms with E-state index in [2.05, 4.69) is 20.9 Å². The number of pyridine rings is 1. The number of benzene rings is 2. The van der Waals surface area contributed by atoms with Gasteiger partial charge in [-0.1, -0.05) is 55.7 Å². The Balaban J connectivity index is 1.38. The van der Waals surface area contributed by atoms with Crippen molar-refractivity contribution in [3.8, 4) is 17.4 Å². The van der Waals surface area contributed by atoms with E-state index in [1.54, 1.807) is 30.0 Å². The molecule has 2 amide bonds. The minimum Gasteiger partial charge on any atom is -0.507 e. The highest BCUT2D eigenvalue weighted by Crippen LogP contribution is 2.37. The second-order valence-electron chi connectivity index (χ2n) is 10.7. The molecule has 3 atom stereocenters. The number of carbonyl (C=O) groups is 2. The van der Waals surface area contributed by atoms with Crippen molar-refractivity contribution in [3.63, 3.8) is 0 Å². The Morgan fingerprint density at radius 2 is 1.83 bits per heavy atom. The van der Waals surface area contributed by atoms with Crippen molar-refractivity contribution < 1.29 is 19.4 Å². The molecule has 222 valence electrons. The molecule has 2 unspecified atom stereocenters. The van der Waals surface area contributed by atoms with Crippen molar-refractivity contribution in [2.75, 3.05) is 23.9 Å². The van der Waals surface area contributed by atoms with E-state index in [1.807, 2.05) is 60.4 Å². The molecular formula is C32H38N4O4S2. The lowest BCUT2D eigenvalue weighted by atomic mass is 9.91. The maximum Gasteiger partial charge on any atom is 0.255 e. The fourth-order valence-electron chi connectivity index (χ4n) is 5.31. The Morgan fingerprint density at radius 3 is 2.55 bits per heavy atom. The van der Waals surface area contributed by atoms with Gasteiger partial charge in [-0.15, -0.1) is 11.8 Å². The molecule has 0 bridgehead atoms. The Bertz CT molecular complexity index is 1300. The van der Waals surface area contributed by atoms with Crippen LogP contribution in [0.1, 0.15) is 53.3 Å². The summed E-state index contributed by atoms with van der Waals surface area (Å²) in [7, 11) is 0. The first-order chi connectivity index (χ1) is 20.6. The summed E-state index contributed by atoms with van der Waals surface area (Å²) in [5.74, 6) is 3.68. The molecule has 0 radical (unpaired) electrons. The van der Waals surface area contributed by atoms with Gasteiger partial charge in [-0.05, 0) is 54.3 Å². The van der Waals surface area contributed by atoms with Crippen LogP contribution >= 0.6 is 23.5 Å². The van der Waals surface area contributed by atoms with E-state index >= 15 is 0 Å². The molecule has 2 heterocycles. The number of phenolic OH excluding ortho intramolecular Hbond substituents is 1. The van der Waals surface area contributed by atoms with Crippen LogP contribution in [0, 0.1) is 5.92 Å². The topological polar surface area (TPSA) is 113 Å². The van der Waals surface area contributed by atoms with Gasteiger partial charge in [0, 0.05) is 30.4 Å². The summed E-state index contributed by atoms with van der Waals surface area (Å²) < 4.78 is 5.92. The zero-order valence-corrected chi connectivity index (χ0v) is 25.2. The molecule has 1 aliphatic carbocycles. The number of hydrogen-bond acceptors (Lipinski definition) is 8. The average molecular weight is 607 g/mol. The molecule has 1 aromatic heterocycles.